The molecule has 0 saturated carbocycles. The molecule has 58 valence electrons. The number of hydrogen-bond acceptors (Lipinski definition) is 4. The summed E-state index contributed by atoms with van der Waals surface area (Å²) in [7, 11) is -1.52. The third kappa shape index (κ3) is 1.50. The highest BCUT2D eigenvalue weighted by atomic mass is 16.4. The van der Waals surface area contributed by atoms with Crippen LogP contribution in [0.25, 0.3) is 0 Å². The van der Waals surface area contributed by atoms with E-state index in [0.717, 1.165) is 0 Å². The van der Waals surface area contributed by atoms with Gasteiger partial charge in [-0.25, -0.2) is 0 Å². The minimum atomic E-state index is -1.52. The lowest BCUT2D eigenvalue weighted by atomic mass is 9.79. The number of rotatable bonds is 1. The van der Waals surface area contributed by atoms with E-state index in [4.69, 9.17) is 15.8 Å². The van der Waals surface area contributed by atoms with Gasteiger partial charge in [-0.3, -0.25) is 4.98 Å². The van der Waals surface area contributed by atoms with Crippen LogP contribution in [0.2, 0.25) is 0 Å². The first-order valence-electron chi connectivity index (χ1n) is 3.20. The Morgan fingerprint density at radius 1 is 1.55 bits per heavy atom. The third-order valence-corrected chi connectivity index (χ3v) is 1.50. The second kappa shape index (κ2) is 2.90. The van der Waals surface area contributed by atoms with Gasteiger partial charge in [0.2, 0.25) is 0 Å². The quantitative estimate of drug-likeness (QED) is 0.434. The molecule has 11 heavy (non-hydrogen) atoms. The molecule has 0 aliphatic heterocycles. The van der Waals surface area contributed by atoms with Crippen LogP contribution in [0.5, 0.6) is 0 Å². The van der Waals surface area contributed by atoms with E-state index in [1.165, 1.54) is 12.3 Å². The smallest absolute Gasteiger partial charge is 0.423 e. The number of pyridine rings is 1. The zero-order chi connectivity index (χ0) is 8.43. The molecule has 1 heterocycles. The molecular weight excluding hydrogens is 143 g/mol. The summed E-state index contributed by atoms with van der Waals surface area (Å²) in [6.07, 6.45) is 1.49. The van der Waals surface area contributed by atoms with Crippen molar-refractivity contribution in [3.8, 4) is 0 Å². The molecule has 1 aromatic rings. The maximum atomic E-state index is 8.78. The molecule has 0 fully saturated rings. The fourth-order valence-electron chi connectivity index (χ4n) is 0.823. The van der Waals surface area contributed by atoms with Crippen LogP contribution in [0.1, 0.15) is 5.69 Å². The van der Waals surface area contributed by atoms with E-state index < -0.39 is 7.12 Å². The summed E-state index contributed by atoms with van der Waals surface area (Å²) in [5, 5.41) is 17.6. The Bertz CT molecular complexity index is 265. The number of aromatic nitrogens is 1. The van der Waals surface area contributed by atoms with E-state index in [1.807, 2.05) is 0 Å². The van der Waals surface area contributed by atoms with Gasteiger partial charge in [-0.15, -0.1) is 0 Å². The monoisotopic (exact) mass is 152 g/mol. The zero-order valence-corrected chi connectivity index (χ0v) is 6.15. The molecule has 5 heteroatoms. The number of hydrogen-bond donors (Lipinski definition) is 3. The number of nitrogens with zero attached hydrogens (tertiary/aromatic N) is 1. The van der Waals surface area contributed by atoms with Gasteiger partial charge in [0.25, 0.3) is 0 Å². The Balaban J connectivity index is 3.17. The van der Waals surface area contributed by atoms with Gasteiger partial charge in [-0.2, -0.15) is 0 Å². The largest absolute Gasteiger partial charge is 0.490 e. The SMILES string of the molecule is Cc1nccc(B(O)O)c1N. The molecule has 0 aliphatic carbocycles. The highest BCUT2D eigenvalue weighted by molar-refractivity contribution is 6.60. The van der Waals surface area contributed by atoms with Crippen molar-refractivity contribution in [3.05, 3.63) is 18.0 Å². The van der Waals surface area contributed by atoms with Gasteiger partial charge in [-0.1, -0.05) is 0 Å². The predicted octanol–water partition coefficient (Wildman–Crippen LogP) is -1.35. The van der Waals surface area contributed by atoms with Gasteiger partial charge in [0.1, 0.15) is 0 Å². The molecule has 0 bridgehead atoms. The Labute approximate surface area is 64.8 Å². The zero-order valence-electron chi connectivity index (χ0n) is 6.15. The lowest BCUT2D eigenvalue weighted by Crippen LogP contribution is -2.33. The summed E-state index contributed by atoms with van der Waals surface area (Å²) in [6, 6.07) is 1.48. The minimum absolute atomic E-state index is 0.303. The van der Waals surface area contributed by atoms with E-state index in [-0.39, 0.29) is 0 Å². The van der Waals surface area contributed by atoms with Crippen molar-refractivity contribution in [2.45, 2.75) is 6.92 Å². The summed E-state index contributed by atoms with van der Waals surface area (Å²) in [6.45, 7) is 1.71. The fourth-order valence-corrected chi connectivity index (χ4v) is 0.823. The third-order valence-electron chi connectivity index (χ3n) is 1.50. The normalized spacial score (nSPS) is 9.73. The van der Waals surface area contributed by atoms with Crippen molar-refractivity contribution in [3.63, 3.8) is 0 Å². The second-order valence-corrected chi connectivity index (χ2v) is 2.27. The van der Waals surface area contributed by atoms with Gasteiger partial charge >= 0.3 is 7.12 Å². The van der Waals surface area contributed by atoms with Gasteiger partial charge in [0.05, 0.1) is 11.4 Å². The topological polar surface area (TPSA) is 79.4 Å². The Morgan fingerprint density at radius 3 is 2.64 bits per heavy atom. The van der Waals surface area contributed by atoms with E-state index in [1.54, 1.807) is 6.92 Å². The Kier molecular flexibility index (Phi) is 2.12. The summed E-state index contributed by atoms with van der Waals surface area (Å²) in [5.41, 5.74) is 6.75. The number of aryl methyl sites for hydroxylation is 1. The van der Waals surface area contributed by atoms with Crippen molar-refractivity contribution in [1.29, 1.82) is 0 Å². The van der Waals surface area contributed by atoms with Crippen LogP contribution in [0.4, 0.5) is 5.69 Å². The molecule has 0 saturated heterocycles. The number of nitrogens with two attached hydrogens (primary N) is 1. The van der Waals surface area contributed by atoms with E-state index in [9.17, 15) is 0 Å². The van der Waals surface area contributed by atoms with Crippen LogP contribution < -0.4 is 11.2 Å². The molecule has 0 amide bonds. The molecule has 4 nitrogen and oxygen atoms in total. The molecule has 1 rings (SSSR count). The molecule has 1 aromatic heterocycles. The average Bonchev–Trinajstić information content (AvgIpc) is 1.94. The summed E-state index contributed by atoms with van der Waals surface area (Å²) < 4.78 is 0. The highest BCUT2D eigenvalue weighted by Gasteiger charge is 2.15. The van der Waals surface area contributed by atoms with Crippen molar-refractivity contribution in [2.75, 3.05) is 5.73 Å². The molecule has 4 N–H and O–H groups in total. The molecular formula is C6H9BN2O2. The predicted molar refractivity (Wildman–Crippen MR) is 43.2 cm³/mol. The minimum Gasteiger partial charge on any atom is -0.423 e. The van der Waals surface area contributed by atoms with Gasteiger partial charge in [0, 0.05) is 11.7 Å². The van der Waals surface area contributed by atoms with E-state index in [0.29, 0.717) is 16.8 Å². The molecule has 0 radical (unpaired) electrons. The second-order valence-electron chi connectivity index (χ2n) is 2.27. The first kappa shape index (κ1) is 8.04. The maximum absolute atomic E-state index is 8.78. The molecule has 0 atom stereocenters. The van der Waals surface area contributed by atoms with Crippen LogP contribution in [0.15, 0.2) is 12.3 Å². The van der Waals surface area contributed by atoms with Crippen molar-refractivity contribution in [1.82, 2.24) is 4.98 Å². The first-order chi connectivity index (χ1) is 5.13. The summed E-state index contributed by atoms with van der Waals surface area (Å²) >= 11 is 0. The fraction of sp³-hybridized carbons (Fsp3) is 0.167. The van der Waals surface area contributed by atoms with Crippen LogP contribution in [-0.2, 0) is 0 Å². The molecule has 0 unspecified atom stereocenters. The van der Waals surface area contributed by atoms with Gasteiger partial charge in [0.15, 0.2) is 0 Å². The van der Waals surface area contributed by atoms with Crippen LogP contribution >= 0.6 is 0 Å². The van der Waals surface area contributed by atoms with Gasteiger partial charge < -0.3 is 15.8 Å². The van der Waals surface area contributed by atoms with Crippen molar-refractivity contribution >= 4 is 18.3 Å². The van der Waals surface area contributed by atoms with E-state index >= 15 is 0 Å². The van der Waals surface area contributed by atoms with Gasteiger partial charge in [-0.05, 0) is 13.0 Å². The first-order valence-corrected chi connectivity index (χ1v) is 3.20. The van der Waals surface area contributed by atoms with E-state index in [2.05, 4.69) is 4.98 Å². The number of nitrogen functional groups attached to an aromatic ring is 1. The Hall–Kier alpha value is -1.07. The standard InChI is InChI=1S/C6H9BN2O2/c1-4-6(8)5(7(10)11)2-3-9-4/h2-3,10-11H,8H2,1H3. The lowest BCUT2D eigenvalue weighted by Gasteiger charge is -2.04. The maximum Gasteiger partial charge on any atom is 0.490 e. The summed E-state index contributed by atoms with van der Waals surface area (Å²) in [4.78, 5) is 3.87. The Morgan fingerprint density at radius 2 is 2.18 bits per heavy atom. The van der Waals surface area contributed by atoms with Crippen molar-refractivity contribution in [2.24, 2.45) is 0 Å². The molecule has 0 aliphatic rings. The van der Waals surface area contributed by atoms with Crippen molar-refractivity contribution < 1.29 is 10.0 Å². The average molecular weight is 152 g/mol. The lowest BCUT2D eigenvalue weighted by molar-refractivity contribution is 0.426. The van der Waals surface area contributed by atoms with Crippen LogP contribution in [-0.4, -0.2) is 22.2 Å². The number of anilines is 1. The molecule has 0 spiro atoms. The van der Waals surface area contributed by atoms with Crippen LogP contribution in [0.3, 0.4) is 0 Å². The summed E-state index contributed by atoms with van der Waals surface area (Å²) in [5.74, 6) is 0. The van der Waals surface area contributed by atoms with Crippen LogP contribution in [0, 0.1) is 6.92 Å². The molecule has 0 aromatic carbocycles. The highest BCUT2D eigenvalue weighted by Crippen LogP contribution is 2.02.